The Balaban J connectivity index is 1.21. The molecule has 0 saturated heterocycles. The van der Waals surface area contributed by atoms with E-state index in [-0.39, 0.29) is 11.7 Å². The van der Waals surface area contributed by atoms with Crippen LogP contribution in [0.5, 0.6) is 5.75 Å². The standard InChI is InChI=1S/C32H32BrN9O4/c1-4-22-14-21(32(39-22)41(44)45)18-42(2,3)13-7-9-30(43)40-29-16-25-27(17-35-29)36-20-37-31(25)38-23-10-11-28(26(33)15-23)46-19-24-8-5-6-12-34-24/h5-12,15-17,20H,4,13-14,18-19H2,1-3H3,(H-,35,36,37,38,40,43)/p+1/b9-7+. The summed E-state index contributed by atoms with van der Waals surface area (Å²) >= 11 is 3.57. The van der Waals surface area contributed by atoms with Gasteiger partial charge in [-0.25, -0.2) is 15.0 Å². The number of nitro groups is 1. The van der Waals surface area contributed by atoms with Gasteiger partial charge in [-0.1, -0.05) is 13.0 Å². The average Bonchev–Trinajstić information content (AvgIpc) is 3.44. The van der Waals surface area contributed by atoms with E-state index in [9.17, 15) is 14.9 Å². The van der Waals surface area contributed by atoms with E-state index in [1.165, 1.54) is 12.4 Å². The molecule has 0 aliphatic carbocycles. The molecule has 5 rings (SSSR count). The maximum absolute atomic E-state index is 12.8. The van der Waals surface area contributed by atoms with Crippen molar-refractivity contribution >= 4 is 55.8 Å². The number of carbonyl (C=O) groups is 1. The first-order chi connectivity index (χ1) is 22.1. The Morgan fingerprint density at radius 3 is 2.74 bits per heavy atom. The van der Waals surface area contributed by atoms with Crippen molar-refractivity contribution in [2.75, 3.05) is 37.8 Å². The van der Waals surface area contributed by atoms with Crippen molar-refractivity contribution in [3.8, 4) is 5.75 Å². The van der Waals surface area contributed by atoms with Crippen molar-refractivity contribution in [2.24, 2.45) is 4.99 Å². The fraction of sp³-hybridized carbons (Fsp3) is 0.250. The fourth-order valence-corrected chi connectivity index (χ4v) is 5.38. The molecule has 1 aromatic carbocycles. The van der Waals surface area contributed by atoms with Crippen LogP contribution in [0.2, 0.25) is 0 Å². The summed E-state index contributed by atoms with van der Waals surface area (Å²) < 4.78 is 7.08. The first kappa shape index (κ1) is 32.3. The van der Waals surface area contributed by atoms with Crippen LogP contribution in [0.1, 0.15) is 25.5 Å². The number of benzene rings is 1. The predicted octanol–water partition coefficient (Wildman–Crippen LogP) is 5.82. The lowest BCUT2D eigenvalue weighted by molar-refractivity contribution is -0.880. The highest BCUT2D eigenvalue weighted by Gasteiger charge is 2.32. The molecule has 1 aliphatic rings. The summed E-state index contributed by atoms with van der Waals surface area (Å²) in [5, 5.41) is 18.2. The number of fused-ring (bicyclic) bond motifs is 1. The monoisotopic (exact) mass is 686 g/mol. The van der Waals surface area contributed by atoms with Gasteiger partial charge in [-0.3, -0.25) is 9.78 Å². The second kappa shape index (κ2) is 14.3. The quantitative estimate of drug-likeness (QED) is 0.0765. The maximum atomic E-state index is 12.8. The summed E-state index contributed by atoms with van der Waals surface area (Å²) in [6.45, 7) is 3.22. The molecule has 0 atom stereocenters. The Morgan fingerprint density at radius 1 is 1.15 bits per heavy atom. The van der Waals surface area contributed by atoms with Gasteiger partial charge in [0.15, 0.2) is 0 Å². The minimum atomic E-state index is -0.417. The molecule has 4 heterocycles. The van der Waals surface area contributed by atoms with Gasteiger partial charge in [-0.15, -0.1) is 0 Å². The van der Waals surface area contributed by atoms with E-state index in [4.69, 9.17) is 4.74 Å². The summed E-state index contributed by atoms with van der Waals surface area (Å²) in [5.74, 6) is 1.14. The molecule has 0 radical (unpaired) electrons. The molecule has 3 aromatic heterocycles. The Kier molecular flexibility index (Phi) is 10.1. The lowest BCUT2D eigenvalue weighted by Crippen LogP contribution is -2.41. The molecule has 0 bridgehead atoms. The van der Waals surface area contributed by atoms with Crippen LogP contribution in [0, 0.1) is 10.1 Å². The number of quaternary nitrogens is 1. The van der Waals surface area contributed by atoms with E-state index in [0.717, 1.165) is 21.6 Å². The number of aliphatic imine (C=N–C) groups is 1. The highest BCUT2D eigenvalue weighted by atomic mass is 79.9. The van der Waals surface area contributed by atoms with Crippen LogP contribution < -0.4 is 15.4 Å². The molecule has 0 unspecified atom stereocenters. The number of amides is 1. The Labute approximate surface area is 274 Å². The van der Waals surface area contributed by atoms with Gasteiger partial charge in [0.1, 0.15) is 42.6 Å². The predicted molar refractivity (Wildman–Crippen MR) is 179 cm³/mol. The number of likely N-dealkylation sites (N-methyl/N-ethyl adjacent to an activating group) is 1. The van der Waals surface area contributed by atoms with Crippen LogP contribution in [0.25, 0.3) is 10.9 Å². The smallest absolute Gasteiger partial charge is 0.368 e. The Morgan fingerprint density at radius 2 is 2.00 bits per heavy atom. The lowest BCUT2D eigenvalue weighted by atomic mass is 10.1. The number of aromatic nitrogens is 4. The van der Waals surface area contributed by atoms with Crippen molar-refractivity contribution in [3.63, 3.8) is 0 Å². The van der Waals surface area contributed by atoms with Gasteiger partial charge >= 0.3 is 5.82 Å². The van der Waals surface area contributed by atoms with Gasteiger partial charge in [0.2, 0.25) is 5.91 Å². The summed E-state index contributed by atoms with van der Waals surface area (Å²) in [6.07, 6.45) is 9.11. The molecular formula is C32H33BrN9O4+. The van der Waals surface area contributed by atoms with E-state index in [1.807, 2.05) is 57.4 Å². The van der Waals surface area contributed by atoms with Crippen LogP contribution in [-0.4, -0.2) is 68.1 Å². The molecule has 2 N–H and O–H groups in total. The van der Waals surface area contributed by atoms with Crippen LogP contribution in [0.3, 0.4) is 0 Å². The number of ether oxygens (including phenoxy) is 1. The molecule has 0 saturated carbocycles. The molecule has 0 fully saturated rings. The minimum absolute atomic E-state index is 0.0553. The van der Waals surface area contributed by atoms with Crippen molar-refractivity contribution in [2.45, 2.75) is 26.4 Å². The Hall–Kier alpha value is -5.08. The molecule has 236 valence electrons. The summed E-state index contributed by atoms with van der Waals surface area (Å²) in [6, 6.07) is 13.0. The van der Waals surface area contributed by atoms with Gasteiger partial charge < -0.3 is 30.0 Å². The highest BCUT2D eigenvalue weighted by Crippen LogP contribution is 2.31. The molecule has 4 aromatic rings. The zero-order valence-electron chi connectivity index (χ0n) is 25.6. The van der Waals surface area contributed by atoms with Crippen LogP contribution in [0.15, 0.2) is 94.2 Å². The third kappa shape index (κ3) is 8.34. The summed E-state index contributed by atoms with van der Waals surface area (Å²) in [7, 11) is 3.91. The van der Waals surface area contributed by atoms with Gasteiger partial charge in [-0.2, -0.15) is 0 Å². The first-order valence-electron chi connectivity index (χ1n) is 14.5. The number of nitrogens with one attached hydrogen (secondary N) is 2. The third-order valence-electron chi connectivity index (χ3n) is 7.14. The SMILES string of the molecule is CCC1=NC([N+](=O)[O-])=C(C[N+](C)(C)C/C=C/C(=O)Nc2cc3c(Nc4ccc(OCc5ccccn5)c(Br)c4)ncnc3cn2)C1. The maximum Gasteiger partial charge on any atom is 0.368 e. The number of pyridine rings is 2. The van der Waals surface area contributed by atoms with Crippen molar-refractivity contribution < 1.29 is 18.9 Å². The van der Waals surface area contributed by atoms with Gasteiger partial charge in [-0.05, 0) is 68.3 Å². The molecule has 14 heteroatoms. The van der Waals surface area contributed by atoms with Gasteiger partial charge in [0.25, 0.3) is 0 Å². The summed E-state index contributed by atoms with van der Waals surface area (Å²) in [4.78, 5) is 45.3. The molecule has 1 aliphatic heterocycles. The third-order valence-corrected chi connectivity index (χ3v) is 7.76. The number of carbonyl (C=O) groups excluding carboxylic acids is 1. The molecule has 1 amide bonds. The lowest BCUT2D eigenvalue weighted by Gasteiger charge is -2.28. The normalized spacial score (nSPS) is 13.3. The zero-order chi connectivity index (χ0) is 32.7. The molecule has 46 heavy (non-hydrogen) atoms. The van der Waals surface area contributed by atoms with Gasteiger partial charge in [0.05, 0.1) is 48.1 Å². The van der Waals surface area contributed by atoms with Crippen molar-refractivity contribution in [3.05, 3.63) is 105 Å². The number of hydrogen-bond acceptors (Lipinski definition) is 10. The fourth-order valence-electron chi connectivity index (χ4n) is 4.88. The number of anilines is 3. The highest BCUT2D eigenvalue weighted by molar-refractivity contribution is 9.10. The Bertz CT molecular complexity index is 1860. The van der Waals surface area contributed by atoms with Crippen molar-refractivity contribution in [1.82, 2.24) is 19.9 Å². The number of rotatable bonds is 13. The van der Waals surface area contributed by atoms with Crippen LogP contribution in [0.4, 0.5) is 17.3 Å². The topological polar surface area (TPSA) is 157 Å². The van der Waals surface area contributed by atoms with Crippen LogP contribution >= 0.6 is 15.9 Å². The zero-order valence-corrected chi connectivity index (χ0v) is 27.2. The van der Waals surface area contributed by atoms with Crippen LogP contribution in [-0.2, 0) is 11.4 Å². The molecule has 0 spiro atoms. The van der Waals surface area contributed by atoms with E-state index in [1.54, 1.807) is 24.5 Å². The number of halogens is 1. The number of nitrogens with zero attached hydrogens (tertiary/aromatic N) is 7. The van der Waals surface area contributed by atoms with Crippen molar-refractivity contribution in [1.29, 1.82) is 0 Å². The van der Waals surface area contributed by atoms with E-state index < -0.39 is 4.92 Å². The van der Waals surface area contributed by atoms with E-state index in [0.29, 0.717) is 70.9 Å². The first-order valence-corrected chi connectivity index (χ1v) is 15.3. The summed E-state index contributed by atoms with van der Waals surface area (Å²) in [5.41, 5.74) is 3.71. The second-order valence-corrected chi connectivity index (χ2v) is 12.1. The second-order valence-electron chi connectivity index (χ2n) is 11.2. The largest absolute Gasteiger partial charge is 0.486 e. The molecular weight excluding hydrogens is 654 g/mol. The van der Waals surface area contributed by atoms with E-state index >= 15 is 0 Å². The van der Waals surface area contributed by atoms with Gasteiger partial charge in [0, 0.05) is 36.2 Å². The minimum Gasteiger partial charge on any atom is -0.486 e. The average molecular weight is 688 g/mol. The number of hydrogen-bond donors (Lipinski definition) is 2. The van der Waals surface area contributed by atoms with E-state index in [2.05, 4.69) is 51.5 Å². The molecule has 13 nitrogen and oxygen atoms in total.